The first-order chi connectivity index (χ1) is 16.3. The van der Waals surface area contributed by atoms with Crippen LogP contribution in [0.2, 0.25) is 0 Å². The highest BCUT2D eigenvalue weighted by Crippen LogP contribution is 2.44. The Morgan fingerprint density at radius 1 is 1.18 bits per heavy atom. The Bertz CT molecular complexity index is 1050. The van der Waals surface area contributed by atoms with Crippen molar-refractivity contribution in [1.82, 2.24) is 10.2 Å². The summed E-state index contributed by atoms with van der Waals surface area (Å²) in [5, 5.41) is 17.6. The Labute approximate surface area is 208 Å². The third-order valence-electron chi connectivity index (χ3n) is 5.90. The first kappa shape index (κ1) is 25.8. The number of ether oxygens (including phenoxy) is 2. The van der Waals surface area contributed by atoms with E-state index in [4.69, 9.17) is 9.47 Å². The van der Waals surface area contributed by atoms with Crippen LogP contribution < -0.4 is 25.0 Å². The highest BCUT2D eigenvalue weighted by molar-refractivity contribution is 9.10. The fraction of sp³-hybridized carbons (Fsp3) is 0.417. The highest BCUT2D eigenvalue weighted by Gasteiger charge is 2.52. The van der Waals surface area contributed by atoms with Crippen molar-refractivity contribution >= 4 is 39.2 Å². The van der Waals surface area contributed by atoms with Crippen LogP contribution in [0.1, 0.15) is 25.8 Å². The fourth-order valence-electron chi connectivity index (χ4n) is 4.00. The summed E-state index contributed by atoms with van der Waals surface area (Å²) in [6.45, 7) is 7.16. The van der Waals surface area contributed by atoms with Crippen molar-refractivity contribution in [3.8, 4) is 11.5 Å². The third kappa shape index (κ3) is 4.98. The van der Waals surface area contributed by atoms with Gasteiger partial charge in [0.2, 0.25) is 0 Å². The number of rotatable bonds is 10. The molecule has 1 atom stereocenters. The van der Waals surface area contributed by atoms with E-state index < -0.39 is 17.7 Å². The molecule has 0 aliphatic carbocycles. The van der Waals surface area contributed by atoms with Gasteiger partial charge >= 0.3 is 6.03 Å². The number of urea groups is 1. The molecule has 3 amide bonds. The van der Waals surface area contributed by atoms with E-state index in [1.807, 2.05) is 0 Å². The molecule has 0 unspecified atom stereocenters. The number of anilines is 2. The van der Waals surface area contributed by atoms with Crippen molar-refractivity contribution in [2.24, 2.45) is 0 Å². The van der Waals surface area contributed by atoms with Gasteiger partial charge in [-0.25, -0.2) is 9.69 Å². The maximum atomic E-state index is 13.6. The lowest BCUT2D eigenvalue weighted by molar-refractivity contribution is -0.140. The van der Waals surface area contributed by atoms with Crippen molar-refractivity contribution in [2.75, 3.05) is 50.6 Å². The van der Waals surface area contributed by atoms with Crippen LogP contribution in [0, 0.1) is 0 Å². The predicted octanol–water partition coefficient (Wildman–Crippen LogP) is 3.51. The molecular weight excluding hydrogens is 504 g/mol. The van der Waals surface area contributed by atoms with E-state index in [1.165, 1.54) is 14.2 Å². The summed E-state index contributed by atoms with van der Waals surface area (Å²) in [6, 6.07) is 9.10. The Balaban J connectivity index is 2.02. The zero-order chi connectivity index (χ0) is 24.9. The number of nitrogens with one attached hydrogen (secondary N) is 2. The van der Waals surface area contributed by atoms with Gasteiger partial charge in [-0.05, 0) is 56.4 Å². The van der Waals surface area contributed by atoms with Crippen molar-refractivity contribution in [1.29, 1.82) is 0 Å². The minimum atomic E-state index is -2.32. The number of halogens is 1. The molecule has 2 aromatic rings. The van der Waals surface area contributed by atoms with E-state index in [2.05, 4.69) is 45.3 Å². The van der Waals surface area contributed by atoms with Gasteiger partial charge in [-0.2, -0.15) is 0 Å². The van der Waals surface area contributed by atoms with Crippen LogP contribution in [-0.2, 0) is 10.5 Å². The molecule has 3 N–H and O–H groups in total. The molecule has 2 aromatic carbocycles. The predicted molar refractivity (Wildman–Crippen MR) is 134 cm³/mol. The number of hydrogen-bond acceptors (Lipinski definition) is 6. The summed E-state index contributed by atoms with van der Waals surface area (Å²) >= 11 is 3.40. The van der Waals surface area contributed by atoms with E-state index in [9.17, 15) is 14.7 Å². The summed E-state index contributed by atoms with van der Waals surface area (Å²) < 4.78 is 11.4. The first-order valence-corrected chi connectivity index (χ1v) is 12.0. The molecule has 0 aromatic heterocycles. The summed E-state index contributed by atoms with van der Waals surface area (Å²) in [6.07, 6.45) is 0.701. The van der Waals surface area contributed by atoms with Gasteiger partial charge in [0.25, 0.3) is 11.6 Å². The Kier molecular flexibility index (Phi) is 8.40. The van der Waals surface area contributed by atoms with E-state index >= 15 is 0 Å². The molecule has 9 nitrogen and oxygen atoms in total. The molecule has 0 saturated heterocycles. The molecule has 0 radical (unpaired) electrons. The standard InChI is InChI=1S/C24H31BrN4O5/c1-5-28(6-2)13-7-12-26-22(30)24(32)18-14-16(25)8-10-19(18)27-23(31)29(24)20-11-9-17(33-3)15-21(20)34-4/h8-11,14-15,32H,5-7,12-13H2,1-4H3,(H,26,30)(H,27,31)/t24-/m0/s1. The normalized spacial score (nSPS) is 17.3. The average molecular weight is 535 g/mol. The van der Waals surface area contributed by atoms with Gasteiger partial charge in [-0.1, -0.05) is 29.8 Å². The lowest BCUT2D eigenvalue weighted by Crippen LogP contribution is -2.62. The summed E-state index contributed by atoms with van der Waals surface area (Å²) in [5.74, 6) is 0.0605. The lowest BCUT2D eigenvalue weighted by atomic mass is 9.94. The number of amides is 3. The second-order valence-electron chi connectivity index (χ2n) is 7.80. The zero-order valence-electron chi connectivity index (χ0n) is 19.9. The molecule has 34 heavy (non-hydrogen) atoms. The Morgan fingerprint density at radius 3 is 2.56 bits per heavy atom. The maximum Gasteiger partial charge on any atom is 0.329 e. The van der Waals surface area contributed by atoms with Crippen molar-refractivity contribution in [3.05, 3.63) is 46.4 Å². The second kappa shape index (κ2) is 11.1. The van der Waals surface area contributed by atoms with Crippen LogP contribution in [0.25, 0.3) is 0 Å². The minimum Gasteiger partial charge on any atom is -0.497 e. The number of carbonyl (C=O) groups excluding carboxylic acids is 2. The summed E-state index contributed by atoms with van der Waals surface area (Å²) in [7, 11) is 2.95. The van der Waals surface area contributed by atoms with Gasteiger partial charge in [0.15, 0.2) is 0 Å². The van der Waals surface area contributed by atoms with Crippen molar-refractivity contribution < 1.29 is 24.2 Å². The number of nitrogens with zero attached hydrogens (tertiary/aromatic N) is 2. The smallest absolute Gasteiger partial charge is 0.329 e. The van der Waals surface area contributed by atoms with E-state index in [1.54, 1.807) is 36.4 Å². The van der Waals surface area contributed by atoms with Gasteiger partial charge < -0.3 is 30.1 Å². The highest BCUT2D eigenvalue weighted by atomic mass is 79.9. The van der Waals surface area contributed by atoms with E-state index in [-0.39, 0.29) is 17.0 Å². The van der Waals surface area contributed by atoms with Crippen LogP contribution in [0.4, 0.5) is 16.2 Å². The lowest BCUT2D eigenvalue weighted by Gasteiger charge is -2.43. The van der Waals surface area contributed by atoms with Crippen LogP contribution in [0.3, 0.4) is 0 Å². The monoisotopic (exact) mass is 534 g/mol. The van der Waals surface area contributed by atoms with Crippen LogP contribution in [0.5, 0.6) is 11.5 Å². The van der Waals surface area contributed by atoms with Crippen LogP contribution >= 0.6 is 15.9 Å². The molecule has 0 fully saturated rings. The quantitative estimate of drug-likeness (QED) is 0.403. The van der Waals surface area contributed by atoms with Crippen molar-refractivity contribution in [2.45, 2.75) is 26.0 Å². The molecule has 0 saturated carbocycles. The minimum absolute atomic E-state index is 0.215. The molecule has 0 bridgehead atoms. The number of hydrogen-bond donors (Lipinski definition) is 3. The third-order valence-corrected chi connectivity index (χ3v) is 6.39. The topological polar surface area (TPSA) is 103 Å². The Morgan fingerprint density at radius 2 is 1.91 bits per heavy atom. The van der Waals surface area contributed by atoms with Gasteiger partial charge in [-0.15, -0.1) is 0 Å². The number of methoxy groups -OCH3 is 2. The molecule has 0 spiro atoms. The van der Waals surface area contributed by atoms with Crippen LogP contribution in [0.15, 0.2) is 40.9 Å². The van der Waals surface area contributed by atoms with Gasteiger partial charge in [0.05, 0.1) is 25.6 Å². The van der Waals surface area contributed by atoms with E-state index in [0.717, 1.165) is 24.5 Å². The Hall–Kier alpha value is -2.82. The second-order valence-corrected chi connectivity index (χ2v) is 8.72. The molecule has 1 aliphatic heterocycles. The molecule has 10 heteroatoms. The maximum absolute atomic E-state index is 13.6. The number of fused-ring (bicyclic) bond motifs is 1. The van der Waals surface area contributed by atoms with Gasteiger partial charge in [0.1, 0.15) is 11.5 Å². The number of benzene rings is 2. The molecular formula is C24H31BrN4O5. The van der Waals surface area contributed by atoms with Crippen molar-refractivity contribution in [3.63, 3.8) is 0 Å². The average Bonchev–Trinajstić information content (AvgIpc) is 2.84. The number of aliphatic hydroxyl groups is 1. The van der Waals surface area contributed by atoms with Crippen LogP contribution in [-0.4, -0.2) is 62.3 Å². The largest absolute Gasteiger partial charge is 0.497 e. The molecule has 184 valence electrons. The van der Waals surface area contributed by atoms with Gasteiger partial charge in [-0.3, -0.25) is 4.79 Å². The fourth-order valence-corrected chi connectivity index (χ4v) is 4.36. The molecule has 1 heterocycles. The summed E-state index contributed by atoms with van der Waals surface area (Å²) in [4.78, 5) is 30.1. The zero-order valence-corrected chi connectivity index (χ0v) is 21.4. The molecule has 1 aliphatic rings. The summed E-state index contributed by atoms with van der Waals surface area (Å²) in [5.41, 5.74) is -1.52. The van der Waals surface area contributed by atoms with Gasteiger partial charge in [0, 0.05) is 22.6 Å². The molecule has 3 rings (SSSR count). The number of carbonyl (C=O) groups is 2. The SMILES string of the molecule is CCN(CC)CCCNC(=O)[C@@]1(O)c2cc(Br)ccc2NC(=O)N1c1ccc(OC)cc1OC. The first-order valence-electron chi connectivity index (χ1n) is 11.2. The van der Waals surface area contributed by atoms with E-state index in [0.29, 0.717) is 28.9 Å².